The molecular formula is C14H13BrFN. The third-order valence-electron chi connectivity index (χ3n) is 2.66. The van der Waals surface area contributed by atoms with Crippen molar-refractivity contribution in [1.82, 2.24) is 4.98 Å². The Labute approximate surface area is 109 Å². The summed E-state index contributed by atoms with van der Waals surface area (Å²) in [5.74, 6) is 0.147. The van der Waals surface area contributed by atoms with Crippen molar-refractivity contribution < 1.29 is 4.39 Å². The van der Waals surface area contributed by atoms with Crippen LogP contribution in [0.2, 0.25) is 0 Å². The second-order valence-corrected chi connectivity index (χ2v) is 5.17. The molecule has 2 aromatic rings. The Hall–Kier alpha value is -1.22. The summed E-state index contributed by atoms with van der Waals surface area (Å²) in [6, 6.07) is 8.88. The number of hydrogen-bond donors (Lipinski definition) is 0. The number of halogens is 2. The molecule has 0 aliphatic carbocycles. The van der Waals surface area contributed by atoms with E-state index in [2.05, 4.69) is 34.8 Å². The van der Waals surface area contributed by atoms with Crippen LogP contribution in [0.1, 0.15) is 25.3 Å². The second-order valence-electron chi connectivity index (χ2n) is 4.26. The quantitative estimate of drug-likeness (QED) is 0.777. The minimum Gasteiger partial charge on any atom is -0.255 e. The highest BCUT2D eigenvalue weighted by Gasteiger charge is 2.09. The first-order chi connectivity index (χ1) is 8.08. The molecule has 0 fully saturated rings. The summed E-state index contributed by atoms with van der Waals surface area (Å²) >= 11 is 3.32. The van der Waals surface area contributed by atoms with Gasteiger partial charge in [0.15, 0.2) is 0 Å². The normalized spacial score (nSPS) is 10.9. The molecule has 1 heterocycles. The number of hydrogen-bond acceptors (Lipinski definition) is 1. The van der Waals surface area contributed by atoms with E-state index in [9.17, 15) is 4.39 Å². The third-order valence-corrected chi connectivity index (χ3v) is 3.13. The van der Waals surface area contributed by atoms with Gasteiger partial charge < -0.3 is 0 Å². The van der Waals surface area contributed by atoms with Gasteiger partial charge in [0.05, 0.1) is 5.69 Å². The van der Waals surface area contributed by atoms with Gasteiger partial charge in [0, 0.05) is 16.2 Å². The largest absolute Gasteiger partial charge is 0.255 e. The fourth-order valence-electron chi connectivity index (χ4n) is 1.63. The van der Waals surface area contributed by atoms with Crippen molar-refractivity contribution in [2.75, 3.05) is 0 Å². The molecule has 0 saturated heterocycles. The van der Waals surface area contributed by atoms with Gasteiger partial charge in [-0.1, -0.05) is 19.9 Å². The molecule has 0 spiro atoms. The van der Waals surface area contributed by atoms with Crippen molar-refractivity contribution in [1.29, 1.82) is 0 Å². The lowest BCUT2D eigenvalue weighted by atomic mass is 9.99. The molecule has 0 bridgehead atoms. The molecule has 1 aromatic heterocycles. The summed E-state index contributed by atoms with van der Waals surface area (Å²) in [5, 5.41) is 0. The van der Waals surface area contributed by atoms with E-state index in [0.717, 1.165) is 10.0 Å². The number of benzene rings is 1. The number of pyridine rings is 1. The summed E-state index contributed by atoms with van der Waals surface area (Å²) < 4.78 is 14.7. The maximum Gasteiger partial charge on any atom is 0.132 e. The second kappa shape index (κ2) is 4.96. The van der Waals surface area contributed by atoms with Crippen LogP contribution < -0.4 is 0 Å². The van der Waals surface area contributed by atoms with E-state index in [1.54, 1.807) is 6.20 Å². The van der Waals surface area contributed by atoms with E-state index in [1.807, 2.05) is 24.3 Å². The molecule has 3 heteroatoms. The van der Waals surface area contributed by atoms with Crippen LogP contribution in [0.15, 0.2) is 41.0 Å². The van der Waals surface area contributed by atoms with E-state index in [1.165, 1.54) is 6.07 Å². The zero-order chi connectivity index (χ0) is 12.4. The van der Waals surface area contributed by atoms with Crippen molar-refractivity contribution >= 4 is 15.9 Å². The van der Waals surface area contributed by atoms with Gasteiger partial charge in [-0.2, -0.15) is 0 Å². The average Bonchev–Trinajstić information content (AvgIpc) is 2.31. The number of nitrogens with zero attached hydrogens (tertiary/aromatic N) is 1. The summed E-state index contributed by atoms with van der Waals surface area (Å²) in [4.78, 5) is 4.22. The summed E-state index contributed by atoms with van der Waals surface area (Å²) in [6.07, 6.45) is 1.68. The minimum absolute atomic E-state index is 0.232. The zero-order valence-electron chi connectivity index (χ0n) is 9.74. The molecule has 0 N–H and O–H groups in total. The predicted octanol–water partition coefficient (Wildman–Crippen LogP) is 4.77. The van der Waals surface area contributed by atoms with Gasteiger partial charge in [-0.05, 0) is 51.7 Å². The lowest BCUT2D eigenvalue weighted by Gasteiger charge is -2.09. The van der Waals surface area contributed by atoms with Gasteiger partial charge >= 0.3 is 0 Å². The standard InChI is InChI=1S/C14H13BrFN/c1-9(2)10-3-5-13(16)12(7-10)14-6-4-11(15)8-17-14/h3-9H,1-2H3. The van der Waals surface area contributed by atoms with E-state index in [0.29, 0.717) is 17.2 Å². The molecular weight excluding hydrogens is 281 g/mol. The molecule has 0 amide bonds. The molecule has 2 rings (SSSR count). The Bertz CT molecular complexity index is 520. The molecule has 0 atom stereocenters. The van der Waals surface area contributed by atoms with Gasteiger partial charge in [-0.15, -0.1) is 0 Å². The van der Waals surface area contributed by atoms with Crippen molar-refractivity contribution in [2.45, 2.75) is 19.8 Å². The Morgan fingerprint density at radius 1 is 1.18 bits per heavy atom. The van der Waals surface area contributed by atoms with Gasteiger partial charge in [-0.3, -0.25) is 4.98 Å². The SMILES string of the molecule is CC(C)c1ccc(F)c(-c2ccc(Br)cn2)c1. The lowest BCUT2D eigenvalue weighted by Crippen LogP contribution is -1.93. The van der Waals surface area contributed by atoms with E-state index < -0.39 is 0 Å². The first kappa shape index (κ1) is 12.2. The summed E-state index contributed by atoms with van der Waals surface area (Å²) in [5.41, 5.74) is 2.34. The zero-order valence-corrected chi connectivity index (χ0v) is 11.3. The van der Waals surface area contributed by atoms with Gasteiger partial charge in [-0.25, -0.2) is 4.39 Å². The van der Waals surface area contributed by atoms with Crippen molar-refractivity contribution in [2.24, 2.45) is 0 Å². The Balaban J connectivity index is 2.50. The van der Waals surface area contributed by atoms with Gasteiger partial charge in [0.1, 0.15) is 5.82 Å². The summed E-state index contributed by atoms with van der Waals surface area (Å²) in [7, 11) is 0. The smallest absolute Gasteiger partial charge is 0.132 e. The highest BCUT2D eigenvalue weighted by molar-refractivity contribution is 9.10. The van der Waals surface area contributed by atoms with Crippen LogP contribution in [0.3, 0.4) is 0 Å². The fraction of sp³-hybridized carbons (Fsp3) is 0.214. The first-order valence-electron chi connectivity index (χ1n) is 5.49. The van der Waals surface area contributed by atoms with Crippen molar-refractivity contribution in [3.8, 4) is 11.3 Å². The predicted molar refractivity (Wildman–Crippen MR) is 71.4 cm³/mol. The molecule has 0 radical (unpaired) electrons. The van der Waals surface area contributed by atoms with Gasteiger partial charge in [0.25, 0.3) is 0 Å². The highest BCUT2D eigenvalue weighted by Crippen LogP contribution is 2.26. The maximum absolute atomic E-state index is 13.8. The Morgan fingerprint density at radius 2 is 1.94 bits per heavy atom. The molecule has 0 saturated carbocycles. The van der Waals surface area contributed by atoms with Crippen LogP contribution in [0.5, 0.6) is 0 Å². The molecule has 88 valence electrons. The summed E-state index contributed by atoms with van der Waals surface area (Å²) in [6.45, 7) is 4.18. The van der Waals surface area contributed by atoms with Crippen molar-refractivity contribution in [3.05, 3.63) is 52.4 Å². The van der Waals surface area contributed by atoms with Crippen LogP contribution in [0.25, 0.3) is 11.3 Å². The molecule has 0 unspecified atom stereocenters. The van der Waals surface area contributed by atoms with E-state index >= 15 is 0 Å². The molecule has 0 aliphatic rings. The van der Waals surface area contributed by atoms with Crippen LogP contribution in [0.4, 0.5) is 4.39 Å². The van der Waals surface area contributed by atoms with Crippen LogP contribution >= 0.6 is 15.9 Å². The van der Waals surface area contributed by atoms with E-state index in [4.69, 9.17) is 0 Å². The van der Waals surface area contributed by atoms with E-state index in [-0.39, 0.29) is 5.82 Å². The lowest BCUT2D eigenvalue weighted by molar-refractivity contribution is 0.629. The van der Waals surface area contributed by atoms with Crippen molar-refractivity contribution in [3.63, 3.8) is 0 Å². The van der Waals surface area contributed by atoms with Gasteiger partial charge in [0.2, 0.25) is 0 Å². The van der Waals surface area contributed by atoms with Crippen LogP contribution in [0, 0.1) is 5.82 Å². The number of rotatable bonds is 2. The topological polar surface area (TPSA) is 12.9 Å². The van der Waals surface area contributed by atoms with Crippen LogP contribution in [-0.4, -0.2) is 4.98 Å². The first-order valence-corrected chi connectivity index (χ1v) is 6.28. The highest BCUT2D eigenvalue weighted by atomic mass is 79.9. The Kier molecular flexibility index (Phi) is 3.57. The maximum atomic E-state index is 13.8. The number of aromatic nitrogens is 1. The molecule has 1 aromatic carbocycles. The molecule has 1 nitrogen and oxygen atoms in total. The third kappa shape index (κ3) is 2.72. The molecule has 17 heavy (non-hydrogen) atoms. The monoisotopic (exact) mass is 293 g/mol. The Morgan fingerprint density at radius 3 is 2.53 bits per heavy atom. The van der Waals surface area contributed by atoms with Crippen LogP contribution in [-0.2, 0) is 0 Å². The fourth-order valence-corrected chi connectivity index (χ4v) is 1.87. The molecule has 0 aliphatic heterocycles. The average molecular weight is 294 g/mol. The minimum atomic E-state index is -0.232.